The van der Waals surface area contributed by atoms with E-state index in [0.717, 1.165) is 74.8 Å². The molecule has 17 heteroatoms. The van der Waals surface area contributed by atoms with Crippen LogP contribution in [0.3, 0.4) is 0 Å². The van der Waals surface area contributed by atoms with Crippen LogP contribution in [0.5, 0.6) is 0 Å². The smallest absolute Gasteiger partial charge is 0.251 e. The highest BCUT2D eigenvalue weighted by Gasteiger charge is 2.30. The summed E-state index contributed by atoms with van der Waals surface area (Å²) in [6, 6.07) is 21.8. The summed E-state index contributed by atoms with van der Waals surface area (Å²) in [6.45, 7) is 13.0. The fourth-order valence-corrected chi connectivity index (χ4v) is 11.1. The van der Waals surface area contributed by atoms with Gasteiger partial charge in [0.05, 0.1) is 32.7 Å². The standard InChI is InChI=1S/C49H58FN9O5S2/c1-5-29-66(63,64)57-38-8-6-7-37(42(38)50)43-44(65-47(56-43)49(2,3)4)39-19-24-51-48(54-39)52-35-13-9-32(10-14-35)33-22-25-58(26-23-33)30-31-20-27-59(28-21-31)36-15-11-34(12-16-36)45(61)53-40-17-18-41(60)55-46(40)62/h6-16,19,24,31,33,40,57H,5,17-18,20-23,25-30H2,1-4H3,(H,53,61)(H,51,52,54)(H,55,60,62)/t40-/m1/s1. The molecule has 3 aromatic carbocycles. The summed E-state index contributed by atoms with van der Waals surface area (Å²) < 4.78 is 43.6. The summed E-state index contributed by atoms with van der Waals surface area (Å²) in [4.78, 5) is 56.2. The SMILES string of the molecule is CCCS(=O)(=O)Nc1cccc(-c2nc(C(C)(C)C)sc2-c2ccnc(Nc3ccc(C4CCN(CC5CCN(c6ccc(C(=O)N[C@@H]7CCC(=O)NC7=O)cc6)CC5)CC4)cc3)n2)c1F. The predicted octanol–water partition coefficient (Wildman–Crippen LogP) is 8.23. The van der Waals surface area contributed by atoms with E-state index in [1.807, 2.05) is 32.9 Å². The molecule has 0 spiro atoms. The van der Waals surface area contributed by atoms with Gasteiger partial charge in [-0.25, -0.2) is 27.8 Å². The molecule has 3 amide bonds. The summed E-state index contributed by atoms with van der Waals surface area (Å²) >= 11 is 1.43. The number of rotatable bonds is 14. The van der Waals surface area contributed by atoms with E-state index in [1.165, 1.54) is 23.0 Å². The van der Waals surface area contributed by atoms with Gasteiger partial charge in [-0.2, -0.15) is 0 Å². The Morgan fingerprint density at radius 3 is 2.32 bits per heavy atom. The van der Waals surface area contributed by atoms with E-state index < -0.39 is 27.8 Å². The van der Waals surface area contributed by atoms with Gasteiger partial charge in [-0.05, 0) is 124 Å². The molecule has 3 saturated heterocycles. The molecule has 348 valence electrons. The van der Waals surface area contributed by atoms with Crippen LogP contribution in [0.2, 0.25) is 0 Å². The van der Waals surface area contributed by atoms with Crippen molar-refractivity contribution in [1.82, 2.24) is 30.5 Å². The zero-order valence-corrected chi connectivity index (χ0v) is 39.5. The molecule has 8 rings (SSSR count). The number of sulfonamides is 1. The van der Waals surface area contributed by atoms with E-state index in [9.17, 15) is 22.8 Å². The predicted molar refractivity (Wildman–Crippen MR) is 258 cm³/mol. The number of likely N-dealkylation sites (tertiary alicyclic amines) is 1. The molecule has 2 aromatic heterocycles. The number of hydrogen-bond acceptors (Lipinski definition) is 12. The number of carbonyl (C=O) groups is 3. The maximum Gasteiger partial charge on any atom is 0.251 e. The fraction of sp³-hybridized carbons (Fsp3) is 0.429. The van der Waals surface area contributed by atoms with Crippen LogP contribution in [0.15, 0.2) is 79.0 Å². The summed E-state index contributed by atoms with van der Waals surface area (Å²) in [5, 5.41) is 9.16. The number of imide groups is 1. The lowest BCUT2D eigenvalue weighted by Crippen LogP contribution is -2.52. The van der Waals surface area contributed by atoms with Crippen LogP contribution in [-0.2, 0) is 25.0 Å². The molecule has 66 heavy (non-hydrogen) atoms. The molecule has 3 fully saturated rings. The van der Waals surface area contributed by atoms with Gasteiger partial charge in [0.25, 0.3) is 5.91 Å². The normalized spacial score (nSPS) is 18.0. The number of nitrogens with zero attached hydrogens (tertiary/aromatic N) is 5. The second-order valence-electron chi connectivity index (χ2n) is 18.6. The van der Waals surface area contributed by atoms with Gasteiger partial charge in [0, 0.05) is 60.2 Å². The zero-order chi connectivity index (χ0) is 46.6. The lowest BCUT2D eigenvalue weighted by atomic mass is 9.88. The molecular weight excluding hydrogens is 878 g/mol. The minimum absolute atomic E-state index is 0.112. The van der Waals surface area contributed by atoms with Crippen molar-refractivity contribution in [2.75, 3.05) is 53.4 Å². The Bertz CT molecular complexity index is 2650. The van der Waals surface area contributed by atoms with Gasteiger partial charge in [0.15, 0.2) is 5.82 Å². The van der Waals surface area contributed by atoms with Gasteiger partial charge in [0.1, 0.15) is 6.04 Å². The quantitative estimate of drug-likeness (QED) is 0.0789. The third-order valence-corrected chi connectivity index (χ3v) is 15.5. The van der Waals surface area contributed by atoms with Crippen molar-refractivity contribution in [3.8, 4) is 21.8 Å². The first-order valence-corrected chi connectivity index (χ1v) is 25.3. The van der Waals surface area contributed by atoms with E-state index in [4.69, 9.17) is 9.97 Å². The number of hydrogen-bond donors (Lipinski definition) is 4. The first-order valence-electron chi connectivity index (χ1n) is 22.9. The van der Waals surface area contributed by atoms with Crippen molar-refractivity contribution in [2.24, 2.45) is 5.92 Å². The molecular formula is C49H58FN9O5S2. The first-order chi connectivity index (χ1) is 31.6. The molecule has 0 unspecified atom stereocenters. The Balaban J connectivity index is 0.831. The number of benzene rings is 3. The number of piperidine rings is 3. The van der Waals surface area contributed by atoms with Crippen molar-refractivity contribution in [2.45, 2.75) is 90.0 Å². The lowest BCUT2D eigenvalue weighted by Gasteiger charge is -2.38. The maximum atomic E-state index is 16.1. The molecule has 5 heterocycles. The Kier molecular flexibility index (Phi) is 14.2. The highest BCUT2D eigenvalue weighted by atomic mass is 32.2. The van der Waals surface area contributed by atoms with Crippen molar-refractivity contribution in [1.29, 1.82) is 0 Å². The number of carbonyl (C=O) groups excluding carboxylic acids is 3. The number of anilines is 4. The average molecular weight is 936 g/mol. The van der Waals surface area contributed by atoms with Crippen molar-refractivity contribution >= 4 is 62.1 Å². The number of aromatic nitrogens is 3. The second-order valence-corrected chi connectivity index (χ2v) is 21.4. The molecule has 3 aliphatic heterocycles. The van der Waals surface area contributed by atoms with E-state index in [2.05, 4.69) is 59.7 Å². The van der Waals surface area contributed by atoms with E-state index in [-0.39, 0.29) is 40.7 Å². The Morgan fingerprint density at radius 2 is 1.64 bits per heavy atom. The fourth-order valence-electron chi connectivity index (χ4n) is 8.88. The Morgan fingerprint density at radius 1 is 0.909 bits per heavy atom. The highest BCUT2D eigenvalue weighted by Crippen LogP contribution is 2.42. The van der Waals surface area contributed by atoms with Gasteiger partial charge < -0.3 is 20.4 Å². The summed E-state index contributed by atoms with van der Waals surface area (Å²) in [7, 11) is -3.71. The van der Waals surface area contributed by atoms with Crippen LogP contribution in [0.4, 0.5) is 27.4 Å². The van der Waals surface area contributed by atoms with Crippen LogP contribution in [0, 0.1) is 11.7 Å². The average Bonchev–Trinajstić information content (AvgIpc) is 3.76. The van der Waals surface area contributed by atoms with Crippen LogP contribution < -0.4 is 25.6 Å². The van der Waals surface area contributed by atoms with E-state index in [1.54, 1.807) is 43.5 Å². The summed E-state index contributed by atoms with van der Waals surface area (Å²) in [5.41, 5.74) is 4.44. The van der Waals surface area contributed by atoms with Crippen LogP contribution in [0.1, 0.15) is 99.5 Å². The van der Waals surface area contributed by atoms with Crippen LogP contribution >= 0.6 is 11.3 Å². The van der Waals surface area contributed by atoms with Gasteiger partial charge in [-0.1, -0.05) is 45.9 Å². The topological polar surface area (TPSA) is 179 Å². The maximum absolute atomic E-state index is 16.1. The van der Waals surface area contributed by atoms with Crippen molar-refractivity contribution < 1.29 is 27.2 Å². The lowest BCUT2D eigenvalue weighted by molar-refractivity contribution is -0.134. The Hall–Kier alpha value is -5.78. The molecule has 4 N–H and O–H groups in total. The molecule has 0 radical (unpaired) electrons. The second kappa shape index (κ2) is 20.0. The molecule has 0 saturated carbocycles. The molecule has 1 atom stereocenters. The number of nitrogens with one attached hydrogen (secondary N) is 4. The minimum atomic E-state index is -3.71. The molecule has 0 bridgehead atoms. The third-order valence-electron chi connectivity index (χ3n) is 12.5. The van der Waals surface area contributed by atoms with Gasteiger partial charge in [-0.3, -0.25) is 24.4 Å². The van der Waals surface area contributed by atoms with E-state index >= 15 is 4.39 Å². The number of halogens is 1. The van der Waals surface area contributed by atoms with Crippen LogP contribution in [0.25, 0.3) is 21.8 Å². The summed E-state index contributed by atoms with van der Waals surface area (Å²) in [5.74, 6) is -0.385. The molecule has 14 nitrogen and oxygen atoms in total. The number of thiazole rings is 1. The minimum Gasteiger partial charge on any atom is -0.372 e. The van der Waals surface area contributed by atoms with Gasteiger partial charge in [-0.15, -0.1) is 11.3 Å². The Labute approximate surface area is 390 Å². The van der Waals surface area contributed by atoms with Crippen LogP contribution in [-0.4, -0.2) is 90.5 Å². The third kappa shape index (κ3) is 11.2. The van der Waals surface area contributed by atoms with Crippen molar-refractivity contribution in [3.05, 3.63) is 101 Å². The van der Waals surface area contributed by atoms with Crippen molar-refractivity contribution in [3.63, 3.8) is 0 Å². The zero-order valence-electron chi connectivity index (χ0n) is 37.9. The monoisotopic (exact) mass is 935 g/mol. The van der Waals surface area contributed by atoms with Gasteiger partial charge >= 0.3 is 0 Å². The summed E-state index contributed by atoms with van der Waals surface area (Å²) in [6.07, 6.45) is 7.02. The first kappa shape index (κ1) is 46.7. The molecule has 3 aliphatic rings. The molecule has 5 aromatic rings. The van der Waals surface area contributed by atoms with Gasteiger partial charge in [0.2, 0.25) is 27.8 Å². The van der Waals surface area contributed by atoms with E-state index in [0.29, 0.717) is 52.5 Å². The number of amides is 3. The largest absolute Gasteiger partial charge is 0.372 e. The highest BCUT2D eigenvalue weighted by molar-refractivity contribution is 7.92. The molecule has 0 aliphatic carbocycles.